The van der Waals surface area contributed by atoms with Gasteiger partial charge in [-0.2, -0.15) is 9.29 Å². The number of allylic oxidation sites excluding steroid dienone is 7. The molecule has 2 aliphatic heterocycles. The van der Waals surface area contributed by atoms with E-state index in [1.54, 1.807) is 0 Å². The van der Waals surface area contributed by atoms with E-state index in [1.807, 2.05) is 12.2 Å². The van der Waals surface area contributed by atoms with Gasteiger partial charge in [0.2, 0.25) is 0 Å². The number of esters is 2. The van der Waals surface area contributed by atoms with Crippen LogP contribution >= 0.6 is 15.6 Å². The Morgan fingerprint density at radius 3 is 1.97 bits per heavy atom. The molecule has 21 heteroatoms. The molecule has 9 atom stereocenters. The summed E-state index contributed by atoms with van der Waals surface area (Å²) in [5.74, 6) is -1.38. The van der Waals surface area contributed by atoms with Crippen LogP contribution in [0.25, 0.3) is 0 Å². The average molecular weight is 1040 g/mol. The molecule has 4 unspecified atom stereocenters. The Morgan fingerprint density at radius 2 is 1.28 bits per heavy atom. The molecule has 6 N–H and O–H groups in total. The molecule has 2 saturated heterocycles. The van der Waals surface area contributed by atoms with Gasteiger partial charge in [-0.3, -0.25) is 23.2 Å². The maximum absolute atomic E-state index is 12.9. The van der Waals surface area contributed by atoms with Gasteiger partial charge in [-0.05, 0) is 76.7 Å². The number of aliphatic hydroxyl groups excluding tert-OH is 2. The van der Waals surface area contributed by atoms with E-state index >= 15 is 0 Å². The molecule has 0 spiro atoms. The minimum absolute atomic E-state index is 0.0321. The van der Waals surface area contributed by atoms with E-state index in [0.29, 0.717) is 31.5 Å². The summed E-state index contributed by atoms with van der Waals surface area (Å²) in [6, 6.07) is 1.24. The van der Waals surface area contributed by atoms with Crippen LogP contribution in [0.15, 0.2) is 65.7 Å². The SMILES string of the molecule is CCCCCCCC/C=C\CCCCCCCC(=O)OC[C@H](COP(=O)(O)OP(=O)(O)OC[C@H]1O[C@@H](n2ccc(N)nc2=O)[C@H](O)[C@@H]1O)OC(=O)CCC/C=C\C/C=C\C/C=C\CC1OC1CCCCC. The number of nitrogens with two attached hydrogens (primary N) is 1. The number of carbonyl (C=O) groups is 2. The number of phosphoric ester groups is 2. The molecule has 0 amide bonds. The Hall–Kier alpha value is -3.32. The Labute approximate surface area is 420 Å². The van der Waals surface area contributed by atoms with Crippen molar-refractivity contribution in [3.8, 4) is 0 Å². The van der Waals surface area contributed by atoms with Crippen molar-refractivity contribution < 1.29 is 71.0 Å². The number of hydrogen-bond donors (Lipinski definition) is 5. The van der Waals surface area contributed by atoms with Crippen LogP contribution in [0.1, 0.15) is 174 Å². The number of rotatable bonds is 41. The van der Waals surface area contributed by atoms with Crippen LogP contribution in [0.5, 0.6) is 0 Å². The highest BCUT2D eigenvalue weighted by Gasteiger charge is 2.46. The number of aliphatic hydroxyl groups is 2. The first kappa shape index (κ1) is 62.0. The second kappa shape index (κ2) is 35.8. The third-order valence-corrected chi connectivity index (χ3v) is 14.4. The van der Waals surface area contributed by atoms with E-state index in [9.17, 15) is 43.5 Å². The monoisotopic (exact) mass is 1040 g/mol. The van der Waals surface area contributed by atoms with Gasteiger partial charge in [0.25, 0.3) is 0 Å². The second-order valence-corrected chi connectivity index (χ2v) is 21.1. The Morgan fingerprint density at radius 1 is 0.704 bits per heavy atom. The lowest BCUT2D eigenvalue weighted by atomic mass is 10.1. The zero-order valence-electron chi connectivity index (χ0n) is 42.0. The lowest BCUT2D eigenvalue weighted by Crippen LogP contribution is -2.36. The standard InChI is InChI=1S/C50H83N3O16P2/c1-3-5-7-8-9-10-11-12-13-14-15-19-22-25-29-33-45(54)63-37-40(66-46(55)34-30-26-23-20-17-16-18-21-24-28-32-42-41(67-42)31-27-6-4-2)38-64-70(59,60)69-71(61,62)65-39-43-47(56)48(57)49(68-43)53-36-35-44(51)52-50(53)58/h12-13,16,18,20,23-24,28,35-36,40-43,47-49,56-57H,3-11,14-15,17,19,21-22,25-27,29-34,37-39H2,1-2H3,(H,59,60)(H,61,62)(H2,51,52,58)/b13-12-,18-16-,23-20-,28-24-/t40-,41?,42?,43-,47-,48-,49-/m1/s1. The molecular formula is C50H83N3O16P2. The van der Waals surface area contributed by atoms with Gasteiger partial charge in [-0.1, -0.05) is 133 Å². The smallest absolute Gasteiger partial charge is 0.462 e. The molecule has 0 aromatic carbocycles. The van der Waals surface area contributed by atoms with Crippen LogP contribution < -0.4 is 11.4 Å². The molecule has 3 heterocycles. The lowest BCUT2D eigenvalue weighted by molar-refractivity contribution is -0.161. The zero-order chi connectivity index (χ0) is 51.7. The van der Waals surface area contributed by atoms with E-state index < -0.39 is 83.7 Å². The Kier molecular flexibility index (Phi) is 31.2. The fourth-order valence-corrected chi connectivity index (χ4v) is 9.80. The van der Waals surface area contributed by atoms with Gasteiger partial charge in [0.1, 0.15) is 30.7 Å². The minimum Gasteiger partial charge on any atom is -0.462 e. The van der Waals surface area contributed by atoms with Crippen LogP contribution in [0.2, 0.25) is 0 Å². The summed E-state index contributed by atoms with van der Waals surface area (Å²) < 4.78 is 62.5. The summed E-state index contributed by atoms with van der Waals surface area (Å²) in [5.41, 5.74) is 4.58. The Bertz CT molecular complexity index is 1950. The van der Waals surface area contributed by atoms with Crippen molar-refractivity contribution in [2.75, 3.05) is 25.6 Å². The van der Waals surface area contributed by atoms with Gasteiger partial charge >= 0.3 is 33.3 Å². The molecule has 2 aliphatic rings. The molecular weight excluding hydrogens is 961 g/mol. The summed E-state index contributed by atoms with van der Waals surface area (Å²) in [6.45, 7) is 2.06. The summed E-state index contributed by atoms with van der Waals surface area (Å²) >= 11 is 0. The number of anilines is 1. The van der Waals surface area contributed by atoms with Crippen molar-refractivity contribution in [3.05, 3.63) is 71.4 Å². The first-order valence-corrected chi connectivity index (χ1v) is 28.8. The molecule has 19 nitrogen and oxygen atoms in total. The quantitative estimate of drug-likeness (QED) is 0.0134. The third-order valence-electron chi connectivity index (χ3n) is 11.8. The van der Waals surface area contributed by atoms with Crippen molar-refractivity contribution in [2.45, 2.75) is 211 Å². The summed E-state index contributed by atoms with van der Waals surface area (Å²) in [5, 5.41) is 20.9. The fraction of sp³-hybridized carbons (Fsp3) is 0.720. The number of unbranched alkanes of at least 4 members (excludes halogenated alkanes) is 14. The van der Waals surface area contributed by atoms with E-state index in [-0.39, 0.29) is 18.7 Å². The summed E-state index contributed by atoms with van der Waals surface area (Å²) in [7, 11) is -10.9. The molecule has 0 aliphatic carbocycles. The molecule has 0 radical (unpaired) electrons. The van der Waals surface area contributed by atoms with Gasteiger partial charge in [0, 0.05) is 19.0 Å². The molecule has 3 rings (SSSR count). The number of ether oxygens (including phenoxy) is 4. The summed E-state index contributed by atoms with van der Waals surface area (Å²) in [4.78, 5) is 61.9. The van der Waals surface area contributed by atoms with Gasteiger partial charge in [-0.15, -0.1) is 0 Å². The first-order chi connectivity index (χ1) is 34.1. The molecule has 0 saturated carbocycles. The van der Waals surface area contributed by atoms with Crippen molar-refractivity contribution >= 4 is 33.4 Å². The van der Waals surface area contributed by atoms with E-state index in [1.165, 1.54) is 63.9 Å². The highest BCUT2D eigenvalue weighted by molar-refractivity contribution is 7.61. The number of carbonyl (C=O) groups excluding carboxylic acids is 2. The largest absolute Gasteiger partial charge is 0.481 e. The Balaban J connectivity index is 1.41. The van der Waals surface area contributed by atoms with Gasteiger partial charge in [0.15, 0.2) is 12.3 Å². The maximum Gasteiger partial charge on any atom is 0.481 e. The number of aromatic nitrogens is 2. The minimum atomic E-state index is -5.44. The molecule has 404 valence electrons. The summed E-state index contributed by atoms with van der Waals surface area (Å²) in [6.07, 6.45) is 33.7. The van der Waals surface area contributed by atoms with Gasteiger partial charge in [-0.25, -0.2) is 13.9 Å². The first-order valence-electron chi connectivity index (χ1n) is 25.8. The van der Waals surface area contributed by atoms with Gasteiger partial charge < -0.3 is 44.7 Å². The molecule has 0 bridgehead atoms. The molecule has 2 fully saturated rings. The molecule has 1 aromatic rings. The van der Waals surface area contributed by atoms with Crippen LogP contribution in [-0.4, -0.2) is 97.9 Å². The fourth-order valence-electron chi connectivity index (χ4n) is 7.69. The highest BCUT2D eigenvalue weighted by Crippen LogP contribution is 2.60. The highest BCUT2D eigenvalue weighted by atomic mass is 31.3. The number of phosphoric acid groups is 2. The zero-order valence-corrected chi connectivity index (χ0v) is 43.7. The molecule has 1 aromatic heterocycles. The van der Waals surface area contributed by atoms with E-state index in [2.05, 4.69) is 59.6 Å². The maximum atomic E-state index is 12.9. The number of nitrogen functional groups attached to an aromatic ring is 1. The topological polar surface area (TPSA) is 278 Å². The second-order valence-electron chi connectivity index (χ2n) is 18.1. The normalized spacial score (nSPS) is 22.4. The third kappa shape index (κ3) is 28.1. The van der Waals surface area contributed by atoms with Crippen molar-refractivity contribution in [1.82, 2.24) is 9.55 Å². The molecule has 71 heavy (non-hydrogen) atoms. The number of epoxide rings is 1. The van der Waals surface area contributed by atoms with E-state index in [0.717, 1.165) is 75.0 Å². The van der Waals surface area contributed by atoms with Gasteiger partial charge in [0.05, 0.1) is 25.4 Å². The van der Waals surface area contributed by atoms with Crippen LogP contribution in [0, 0.1) is 0 Å². The van der Waals surface area contributed by atoms with Crippen molar-refractivity contribution in [3.63, 3.8) is 0 Å². The van der Waals surface area contributed by atoms with Crippen LogP contribution in [0.4, 0.5) is 5.82 Å². The predicted molar refractivity (Wildman–Crippen MR) is 270 cm³/mol. The number of hydrogen-bond acceptors (Lipinski definition) is 16. The van der Waals surface area contributed by atoms with Crippen molar-refractivity contribution in [1.29, 1.82) is 0 Å². The van der Waals surface area contributed by atoms with Crippen molar-refractivity contribution in [2.24, 2.45) is 0 Å². The number of nitrogens with zero attached hydrogens (tertiary/aromatic N) is 2. The predicted octanol–water partition coefficient (Wildman–Crippen LogP) is 9.54. The average Bonchev–Trinajstić information content (AvgIpc) is 4.02. The lowest BCUT2D eigenvalue weighted by Gasteiger charge is -2.21. The van der Waals surface area contributed by atoms with Crippen LogP contribution in [0.3, 0.4) is 0 Å². The van der Waals surface area contributed by atoms with E-state index in [4.69, 9.17) is 33.7 Å². The van der Waals surface area contributed by atoms with Crippen LogP contribution in [-0.2, 0) is 51.0 Å².